The number of carbonyl (C=O) groups excluding carboxylic acids is 2. The summed E-state index contributed by atoms with van der Waals surface area (Å²) in [4.78, 5) is 38.1. The molecule has 0 aliphatic carbocycles. The second-order valence-corrected chi connectivity index (χ2v) is 28.4. The van der Waals surface area contributed by atoms with Crippen molar-refractivity contribution in [3.8, 4) is 0 Å². The van der Waals surface area contributed by atoms with E-state index in [-0.39, 0.29) is 32.0 Å². The van der Waals surface area contributed by atoms with Gasteiger partial charge in [0.05, 0.1) is 27.7 Å². The van der Waals surface area contributed by atoms with Crippen molar-refractivity contribution < 1.29 is 42.1 Å². The van der Waals surface area contributed by atoms with Crippen molar-refractivity contribution >= 4 is 19.8 Å². The molecule has 0 aromatic heterocycles. The Bertz CT molecular complexity index is 1360. The maximum atomic E-state index is 12.9. The van der Waals surface area contributed by atoms with E-state index in [0.717, 1.165) is 32.1 Å². The van der Waals surface area contributed by atoms with Gasteiger partial charge in [-0.2, -0.15) is 0 Å². The van der Waals surface area contributed by atoms with E-state index in [9.17, 15) is 19.0 Å². The molecule has 0 amide bonds. The average Bonchev–Trinajstić information content (AvgIpc) is 3.49. The van der Waals surface area contributed by atoms with Gasteiger partial charge in [-0.25, -0.2) is 0 Å². The fraction of sp³-hybridized carbons (Fsp3) is 0.973. The fourth-order valence-electron chi connectivity index (χ4n) is 11.7. The van der Waals surface area contributed by atoms with E-state index >= 15 is 0 Å². The summed E-state index contributed by atoms with van der Waals surface area (Å²) in [6.45, 7) is 4.34. The van der Waals surface area contributed by atoms with Gasteiger partial charge in [0.25, 0.3) is 7.82 Å². The molecule has 0 aliphatic rings. The van der Waals surface area contributed by atoms with E-state index in [1.165, 1.54) is 340 Å². The maximum Gasteiger partial charge on any atom is 0.306 e. The predicted octanol–water partition coefficient (Wildman–Crippen LogP) is 23.5. The molecule has 0 radical (unpaired) electrons. The Labute approximate surface area is 518 Å². The number of unbranched alkanes of at least 4 members (excludes halogenated alkanes) is 57. The zero-order valence-corrected chi connectivity index (χ0v) is 57.6. The minimum Gasteiger partial charge on any atom is -0.756 e. The van der Waals surface area contributed by atoms with Gasteiger partial charge in [-0.3, -0.25) is 14.2 Å². The van der Waals surface area contributed by atoms with Gasteiger partial charge in [-0.1, -0.05) is 380 Å². The Kier molecular flexibility index (Phi) is 64.7. The Hall–Kier alpha value is -0.990. The van der Waals surface area contributed by atoms with Crippen molar-refractivity contribution in [1.29, 1.82) is 0 Å². The predicted molar refractivity (Wildman–Crippen MR) is 356 cm³/mol. The molecule has 0 spiro atoms. The molecule has 0 aromatic rings. The van der Waals surface area contributed by atoms with E-state index in [4.69, 9.17) is 18.5 Å². The lowest BCUT2D eigenvalue weighted by Crippen LogP contribution is -2.37. The number of esters is 2. The molecule has 0 rings (SSSR count). The highest BCUT2D eigenvalue weighted by atomic mass is 31.2. The lowest BCUT2D eigenvalue weighted by atomic mass is 10.0. The SMILES string of the molecule is CCCCCCCCCCCCCCCCCCCCCCCCCCCCCCCCCC(=O)OC(COC(=O)CCCCCCCCCCCCCCCCCCCCCCCCCCCCCC)COP(=O)([O-])OCC[N+](C)(C)C. The molecule has 0 bridgehead atoms. The number of phosphoric acid groups is 1. The van der Waals surface area contributed by atoms with Gasteiger partial charge in [-0.05, 0) is 12.8 Å². The maximum absolute atomic E-state index is 12.9. The van der Waals surface area contributed by atoms with Gasteiger partial charge in [0.15, 0.2) is 6.10 Å². The van der Waals surface area contributed by atoms with Crippen molar-refractivity contribution in [1.82, 2.24) is 0 Å². The van der Waals surface area contributed by atoms with Crippen LogP contribution in [0.2, 0.25) is 0 Å². The first kappa shape index (κ1) is 82.0. The standard InChI is InChI=1S/C73H146NO8P/c1-6-8-10-12-14-16-18-20-22-24-26-28-30-32-34-36-37-38-40-42-44-46-48-50-52-54-56-58-60-62-64-66-73(76)82-71(70-81-83(77,78)80-68-67-74(3,4)5)69-79-72(75)65-63-61-59-57-55-53-51-49-47-45-43-41-39-35-33-31-29-27-25-23-21-19-17-15-13-11-9-7-2/h71H,6-70H2,1-5H3. The Morgan fingerprint density at radius 2 is 0.542 bits per heavy atom. The summed E-state index contributed by atoms with van der Waals surface area (Å²) >= 11 is 0. The summed E-state index contributed by atoms with van der Waals surface area (Å²) in [6, 6.07) is 0. The molecule has 10 heteroatoms. The van der Waals surface area contributed by atoms with Crippen LogP contribution in [0.3, 0.4) is 0 Å². The molecule has 0 N–H and O–H groups in total. The summed E-state index contributed by atoms with van der Waals surface area (Å²) in [6.07, 6.45) is 79.3. The molecule has 496 valence electrons. The van der Waals surface area contributed by atoms with Crippen molar-refractivity contribution in [3.05, 3.63) is 0 Å². The van der Waals surface area contributed by atoms with Gasteiger partial charge < -0.3 is 27.9 Å². The van der Waals surface area contributed by atoms with Crippen LogP contribution in [0.5, 0.6) is 0 Å². The van der Waals surface area contributed by atoms with E-state index in [0.29, 0.717) is 17.4 Å². The van der Waals surface area contributed by atoms with Crippen molar-refractivity contribution in [3.63, 3.8) is 0 Å². The van der Waals surface area contributed by atoms with Crippen LogP contribution in [0.1, 0.15) is 406 Å². The molecule has 83 heavy (non-hydrogen) atoms. The molecule has 0 aromatic carbocycles. The Morgan fingerprint density at radius 3 is 0.771 bits per heavy atom. The number of quaternary nitrogens is 1. The summed E-state index contributed by atoms with van der Waals surface area (Å²) in [5.41, 5.74) is 0. The molecular weight excluding hydrogens is 1050 g/mol. The van der Waals surface area contributed by atoms with Crippen LogP contribution in [0.25, 0.3) is 0 Å². The van der Waals surface area contributed by atoms with Crippen LogP contribution in [0.4, 0.5) is 0 Å². The Morgan fingerprint density at radius 1 is 0.325 bits per heavy atom. The summed E-state index contributed by atoms with van der Waals surface area (Å²) in [5, 5.41) is 0. The molecule has 2 atom stereocenters. The first-order valence-electron chi connectivity index (χ1n) is 37.2. The second-order valence-electron chi connectivity index (χ2n) is 27.0. The van der Waals surface area contributed by atoms with Crippen LogP contribution >= 0.6 is 7.82 Å². The number of rotatable bonds is 71. The highest BCUT2D eigenvalue weighted by Crippen LogP contribution is 2.38. The molecule has 9 nitrogen and oxygen atoms in total. The van der Waals surface area contributed by atoms with Gasteiger partial charge in [0.1, 0.15) is 19.8 Å². The largest absolute Gasteiger partial charge is 0.756 e. The van der Waals surface area contributed by atoms with Crippen LogP contribution in [0, 0.1) is 0 Å². The average molecular weight is 1200 g/mol. The zero-order valence-electron chi connectivity index (χ0n) is 56.7. The van der Waals surface area contributed by atoms with Gasteiger partial charge in [0.2, 0.25) is 0 Å². The second kappa shape index (κ2) is 65.5. The van der Waals surface area contributed by atoms with E-state index < -0.39 is 26.5 Å². The monoisotopic (exact) mass is 1200 g/mol. The zero-order chi connectivity index (χ0) is 60.5. The molecular formula is C73H146NO8P. The highest BCUT2D eigenvalue weighted by molar-refractivity contribution is 7.45. The van der Waals surface area contributed by atoms with Gasteiger partial charge in [0, 0.05) is 12.8 Å². The number of hydrogen-bond donors (Lipinski definition) is 0. The van der Waals surface area contributed by atoms with Crippen LogP contribution < -0.4 is 4.89 Å². The lowest BCUT2D eigenvalue weighted by molar-refractivity contribution is -0.870. The summed E-state index contributed by atoms with van der Waals surface area (Å²) < 4.78 is 34.4. The highest BCUT2D eigenvalue weighted by Gasteiger charge is 2.22. The first-order valence-corrected chi connectivity index (χ1v) is 38.7. The van der Waals surface area contributed by atoms with Crippen LogP contribution in [-0.2, 0) is 32.7 Å². The van der Waals surface area contributed by atoms with Crippen molar-refractivity contribution in [2.45, 2.75) is 412 Å². The molecule has 2 unspecified atom stereocenters. The quantitative estimate of drug-likeness (QED) is 0.0256. The molecule has 0 saturated carbocycles. The molecule has 0 heterocycles. The minimum absolute atomic E-state index is 0.0247. The molecule has 0 aliphatic heterocycles. The molecule has 0 fully saturated rings. The van der Waals surface area contributed by atoms with E-state index in [1.54, 1.807) is 0 Å². The first-order chi connectivity index (χ1) is 40.5. The number of likely N-dealkylation sites (N-methyl/N-ethyl adjacent to an activating group) is 1. The summed E-state index contributed by atoms with van der Waals surface area (Å²) in [5.74, 6) is -0.802. The fourth-order valence-corrected chi connectivity index (χ4v) is 12.4. The number of phosphoric ester groups is 1. The van der Waals surface area contributed by atoms with Crippen LogP contribution in [0.15, 0.2) is 0 Å². The van der Waals surface area contributed by atoms with Crippen molar-refractivity contribution in [2.75, 3.05) is 47.5 Å². The van der Waals surface area contributed by atoms with Gasteiger partial charge in [-0.15, -0.1) is 0 Å². The third-order valence-corrected chi connectivity index (χ3v) is 18.3. The summed E-state index contributed by atoms with van der Waals surface area (Å²) in [7, 11) is 1.20. The van der Waals surface area contributed by atoms with Crippen LogP contribution in [-0.4, -0.2) is 70.0 Å². The Balaban J connectivity index is 3.93. The van der Waals surface area contributed by atoms with Crippen molar-refractivity contribution in [2.24, 2.45) is 0 Å². The van der Waals surface area contributed by atoms with Gasteiger partial charge >= 0.3 is 11.9 Å². The van der Waals surface area contributed by atoms with E-state index in [2.05, 4.69) is 13.8 Å². The normalized spacial score (nSPS) is 13.0. The van der Waals surface area contributed by atoms with E-state index in [1.807, 2.05) is 21.1 Å². The lowest BCUT2D eigenvalue weighted by Gasteiger charge is -2.28. The minimum atomic E-state index is -4.64. The number of hydrogen-bond acceptors (Lipinski definition) is 8. The third-order valence-electron chi connectivity index (χ3n) is 17.4. The number of ether oxygens (including phenoxy) is 2. The smallest absolute Gasteiger partial charge is 0.306 e. The topological polar surface area (TPSA) is 111 Å². The number of carbonyl (C=O) groups is 2. The molecule has 0 saturated heterocycles. The number of nitrogens with zero attached hydrogens (tertiary/aromatic N) is 1. The third kappa shape index (κ3) is 70.0.